The van der Waals surface area contributed by atoms with Crippen LogP contribution >= 0.6 is 0 Å². The second kappa shape index (κ2) is 5.58. The molecule has 1 aliphatic rings. The van der Waals surface area contributed by atoms with Gasteiger partial charge in [-0.1, -0.05) is 12.1 Å². The van der Waals surface area contributed by atoms with Crippen LogP contribution in [0.1, 0.15) is 22.8 Å². The molecule has 122 valence electrons. The zero-order valence-electron chi connectivity index (χ0n) is 11.5. The Morgan fingerprint density at radius 1 is 1.17 bits per heavy atom. The molecule has 2 heterocycles. The molecular weight excluding hydrogens is 319 g/mol. The molecular formula is C14H10F3NO5. The van der Waals surface area contributed by atoms with Crippen molar-refractivity contribution < 1.29 is 27.1 Å². The molecule has 9 heteroatoms. The third-order valence-electron chi connectivity index (χ3n) is 3.35. The zero-order valence-corrected chi connectivity index (χ0v) is 11.5. The quantitative estimate of drug-likeness (QED) is 0.910. The highest BCUT2D eigenvalue weighted by atomic mass is 19.4. The van der Waals surface area contributed by atoms with Crippen molar-refractivity contribution in [2.24, 2.45) is 0 Å². The van der Waals surface area contributed by atoms with Crippen molar-refractivity contribution in [3.63, 3.8) is 0 Å². The predicted octanol–water partition coefficient (Wildman–Crippen LogP) is 1.89. The number of ether oxygens (including phenoxy) is 2. The lowest BCUT2D eigenvalue weighted by molar-refractivity contribution is -0.274. The SMILES string of the molecule is O=c1[nH]c(=O)c2c(o1)C(c1ccc(OC(F)(F)F)cc1)COC2. The van der Waals surface area contributed by atoms with Crippen LogP contribution < -0.4 is 16.1 Å². The van der Waals surface area contributed by atoms with E-state index in [1.165, 1.54) is 12.1 Å². The fraction of sp³-hybridized carbons (Fsp3) is 0.286. The van der Waals surface area contributed by atoms with Gasteiger partial charge in [-0.3, -0.25) is 9.78 Å². The van der Waals surface area contributed by atoms with Crippen molar-refractivity contribution in [1.29, 1.82) is 0 Å². The maximum absolute atomic E-state index is 12.2. The zero-order chi connectivity index (χ0) is 16.6. The number of benzene rings is 1. The van der Waals surface area contributed by atoms with Gasteiger partial charge in [-0.15, -0.1) is 13.2 Å². The summed E-state index contributed by atoms with van der Waals surface area (Å²) in [4.78, 5) is 25.1. The fourth-order valence-corrected chi connectivity index (χ4v) is 2.39. The van der Waals surface area contributed by atoms with Gasteiger partial charge in [0.2, 0.25) is 0 Å². The van der Waals surface area contributed by atoms with Crippen molar-refractivity contribution in [3.05, 3.63) is 62.1 Å². The lowest BCUT2D eigenvalue weighted by Gasteiger charge is -2.23. The first-order valence-electron chi connectivity index (χ1n) is 6.53. The van der Waals surface area contributed by atoms with Crippen LogP contribution in [0.2, 0.25) is 0 Å². The average molecular weight is 329 g/mol. The molecule has 1 aromatic carbocycles. The van der Waals surface area contributed by atoms with Gasteiger partial charge in [-0.2, -0.15) is 0 Å². The topological polar surface area (TPSA) is 81.5 Å². The molecule has 1 aromatic heterocycles. The second-order valence-electron chi connectivity index (χ2n) is 4.87. The van der Waals surface area contributed by atoms with Crippen molar-refractivity contribution in [1.82, 2.24) is 4.98 Å². The first-order chi connectivity index (χ1) is 10.8. The van der Waals surface area contributed by atoms with E-state index >= 15 is 0 Å². The van der Waals surface area contributed by atoms with Crippen LogP contribution in [0, 0.1) is 0 Å². The molecule has 0 aliphatic carbocycles. The summed E-state index contributed by atoms with van der Waals surface area (Å²) in [5.41, 5.74) is 0.128. The molecule has 0 bridgehead atoms. The molecule has 0 saturated carbocycles. The van der Waals surface area contributed by atoms with E-state index in [1.807, 2.05) is 4.98 Å². The Kier molecular flexibility index (Phi) is 3.72. The van der Waals surface area contributed by atoms with E-state index in [1.54, 1.807) is 0 Å². The lowest BCUT2D eigenvalue weighted by atomic mass is 9.93. The minimum Gasteiger partial charge on any atom is -0.413 e. The standard InChI is InChI=1S/C14H10F3NO5/c15-14(16,17)23-8-3-1-7(2-4-8)9-5-21-6-10-11(9)22-13(20)18-12(10)19/h1-4,9H,5-6H2,(H,18,19,20). The van der Waals surface area contributed by atoms with Gasteiger partial charge in [-0.05, 0) is 17.7 Å². The predicted molar refractivity (Wildman–Crippen MR) is 70.2 cm³/mol. The van der Waals surface area contributed by atoms with Gasteiger partial charge in [0.05, 0.1) is 24.7 Å². The van der Waals surface area contributed by atoms with Gasteiger partial charge in [0.25, 0.3) is 5.56 Å². The second-order valence-corrected chi connectivity index (χ2v) is 4.87. The highest BCUT2D eigenvalue weighted by Crippen LogP contribution is 2.31. The van der Waals surface area contributed by atoms with Crippen molar-refractivity contribution in [2.45, 2.75) is 18.9 Å². The van der Waals surface area contributed by atoms with Crippen molar-refractivity contribution in [3.8, 4) is 5.75 Å². The van der Waals surface area contributed by atoms with Gasteiger partial charge in [0, 0.05) is 0 Å². The van der Waals surface area contributed by atoms with Crippen LogP contribution in [0.4, 0.5) is 13.2 Å². The monoisotopic (exact) mass is 329 g/mol. The molecule has 6 nitrogen and oxygen atoms in total. The summed E-state index contributed by atoms with van der Waals surface area (Å²) in [7, 11) is 0. The number of nitrogens with one attached hydrogen (secondary N) is 1. The fourth-order valence-electron chi connectivity index (χ4n) is 2.39. The molecule has 0 amide bonds. The number of rotatable bonds is 2. The number of aromatic nitrogens is 1. The minimum atomic E-state index is -4.78. The van der Waals surface area contributed by atoms with Gasteiger partial charge in [-0.25, -0.2) is 4.79 Å². The van der Waals surface area contributed by atoms with Crippen molar-refractivity contribution in [2.75, 3.05) is 6.61 Å². The maximum atomic E-state index is 12.2. The molecule has 0 saturated heterocycles. The molecule has 23 heavy (non-hydrogen) atoms. The van der Waals surface area contributed by atoms with Crippen LogP contribution in [-0.2, 0) is 11.3 Å². The molecule has 1 aliphatic heterocycles. The molecule has 2 aromatic rings. The Bertz CT molecular complexity index is 822. The first kappa shape index (κ1) is 15.3. The Balaban J connectivity index is 1.95. The number of fused-ring (bicyclic) bond motifs is 1. The summed E-state index contributed by atoms with van der Waals surface area (Å²) in [5.74, 6) is -1.66. The van der Waals surface area contributed by atoms with Crippen LogP contribution in [0.15, 0.2) is 38.3 Å². The maximum Gasteiger partial charge on any atom is 0.573 e. The Labute approximate surface area is 126 Å². The van der Waals surface area contributed by atoms with Crippen LogP contribution in [0.3, 0.4) is 0 Å². The molecule has 0 spiro atoms. The molecule has 1 atom stereocenters. The number of aromatic amines is 1. The van der Waals surface area contributed by atoms with Crippen molar-refractivity contribution >= 4 is 0 Å². The summed E-state index contributed by atoms with van der Waals surface area (Å²) in [5, 5.41) is 0. The number of hydrogen-bond acceptors (Lipinski definition) is 5. The Morgan fingerprint density at radius 3 is 2.52 bits per heavy atom. The third-order valence-corrected chi connectivity index (χ3v) is 3.35. The Morgan fingerprint density at radius 2 is 1.87 bits per heavy atom. The van der Waals surface area contributed by atoms with E-state index < -0.39 is 23.6 Å². The Hall–Kier alpha value is -2.55. The van der Waals surface area contributed by atoms with Gasteiger partial charge in [0.15, 0.2) is 0 Å². The van der Waals surface area contributed by atoms with E-state index in [0.29, 0.717) is 5.56 Å². The molecule has 1 N–H and O–H groups in total. The smallest absolute Gasteiger partial charge is 0.413 e. The number of H-pyrrole nitrogens is 1. The molecule has 0 radical (unpaired) electrons. The molecule has 1 unspecified atom stereocenters. The summed E-state index contributed by atoms with van der Waals surface area (Å²) < 4.78 is 50.6. The number of hydrogen-bond donors (Lipinski definition) is 1. The van der Waals surface area contributed by atoms with E-state index in [4.69, 9.17) is 9.15 Å². The summed E-state index contributed by atoms with van der Waals surface area (Å²) in [6, 6.07) is 5.07. The number of halogens is 3. The van der Waals surface area contributed by atoms with Gasteiger partial charge < -0.3 is 13.9 Å². The van der Waals surface area contributed by atoms with E-state index in [-0.39, 0.29) is 30.3 Å². The van der Waals surface area contributed by atoms with Crippen LogP contribution in [0.5, 0.6) is 5.75 Å². The highest BCUT2D eigenvalue weighted by Gasteiger charge is 2.32. The largest absolute Gasteiger partial charge is 0.573 e. The summed E-state index contributed by atoms with van der Waals surface area (Å²) >= 11 is 0. The van der Waals surface area contributed by atoms with Gasteiger partial charge in [0.1, 0.15) is 11.5 Å². The first-order valence-corrected chi connectivity index (χ1v) is 6.53. The normalized spacial score (nSPS) is 17.6. The van der Waals surface area contributed by atoms with E-state index in [0.717, 1.165) is 12.1 Å². The van der Waals surface area contributed by atoms with Crippen LogP contribution in [0.25, 0.3) is 0 Å². The summed E-state index contributed by atoms with van der Waals surface area (Å²) in [6.45, 7) is 0.138. The lowest BCUT2D eigenvalue weighted by Crippen LogP contribution is -2.30. The van der Waals surface area contributed by atoms with Crippen LogP contribution in [-0.4, -0.2) is 18.0 Å². The average Bonchev–Trinajstić information content (AvgIpc) is 2.46. The summed E-state index contributed by atoms with van der Waals surface area (Å²) in [6.07, 6.45) is -4.78. The molecule has 0 fully saturated rings. The van der Waals surface area contributed by atoms with Gasteiger partial charge >= 0.3 is 12.1 Å². The van der Waals surface area contributed by atoms with E-state index in [2.05, 4.69) is 4.74 Å². The minimum absolute atomic E-state index is 0.000213. The molecule has 3 rings (SSSR count). The number of alkyl halides is 3. The van der Waals surface area contributed by atoms with E-state index in [9.17, 15) is 22.8 Å². The third kappa shape index (κ3) is 3.29. The highest BCUT2D eigenvalue weighted by molar-refractivity contribution is 5.35.